The third-order valence-corrected chi connectivity index (χ3v) is 6.40. The van der Waals surface area contributed by atoms with E-state index in [0.29, 0.717) is 42.5 Å². The Labute approximate surface area is 219 Å². The number of para-hydroxylation sites is 1. The first-order valence-electron chi connectivity index (χ1n) is 12.7. The number of hydrogen-bond donors (Lipinski definition) is 2. The molecular weight excluding hydrogens is 474 g/mol. The molecule has 0 saturated carbocycles. The number of hydrogen-bond acceptors (Lipinski definition) is 7. The van der Waals surface area contributed by atoms with Crippen LogP contribution in [-0.4, -0.2) is 76.6 Å². The molecule has 1 aliphatic heterocycles. The zero-order valence-electron chi connectivity index (χ0n) is 22.2. The van der Waals surface area contributed by atoms with Crippen molar-refractivity contribution < 1.29 is 28.5 Å². The van der Waals surface area contributed by atoms with Gasteiger partial charge in [-0.15, -0.1) is 0 Å². The van der Waals surface area contributed by atoms with E-state index < -0.39 is 6.09 Å². The molecule has 0 unspecified atom stereocenters. The summed E-state index contributed by atoms with van der Waals surface area (Å²) in [6.07, 6.45) is 0.252. The molecule has 9 nitrogen and oxygen atoms in total. The van der Waals surface area contributed by atoms with Crippen molar-refractivity contribution in [2.45, 2.75) is 26.3 Å². The summed E-state index contributed by atoms with van der Waals surface area (Å²) >= 11 is 0. The van der Waals surface area contributed by atoms with Crippen LogP contribution < -0.4 is 20.1 Å². The second-order valence-electron chi connectivity index (χ2n) is 9.38. The van der Waals surface area contributed by atoms with Crippen LogP contribution in [0.5, 0.6) is 11.5 Å². The standard InChI is InChI=1S/C28H39N3O6/c1-20(2)31(27(32)21-11-12-25(35-4)26(15-21)36-14-8-13-34-3)18-22-16-29-17-23(22)19-37-28(33)30-24-9-6-5-7-10-24/h5-7,9-12,15,20,22-23,29H,8,13-14,16-19H2,1-4H3,(H,30,33)/t22-,23-/m0/s1. The van der Waals surface area contributed by atoms with Crippen LogP contribution in [0.2, 0.25) is 0 Å². The first kappa shape index (κ1) is 28.3. The van der Waals surface area contributed by atoms with Gasteiger partial charge in [0.05, 0.1) is 20.3 Å². The maximum Gasteiger partial charge on any atom is 0.411 e. The minimum atomic E-state index is -0.482. The van der Waals surface area contributed by atoms with Gasteiger partial charge >= 0.3 is 6.09 Å². The van der Waals surface area contributed by atoms with Gasteiger partial charge in [0.25, 0.3) is 5.91 Å². The van der Waals surface area contributed by atoms with E-state index in [4.69, 9.17) is 18.9 Å². The van der Waals surface area contributed by atoms with Crippen molar-refractivity contribution in [3.63, 3.8) is 0 Å². The number of carbonyl (C=O) groups is 2. The monoisotopic (exact) mass is 513 g/mol. The van der Waals surface area contributed by atoms with Gasteiger partial charge in [0.1, 0.15) is 0 Å². The Kier molecular flexibility index (Phi) is 11.0. The molecule has 202 valence electrons. The smallest absolute Gasteiger partial charge is 0.411 e. The van der Waals surface area contributed by atoms with Crippen LogP contribution in [0.3, 0.4) is 0 Å². The van der Waals surface area contributed by atoms with Crippen LogP contribution >= 0.6 is 0 Å². The molecule has 2 aromatic rings. The summed E-state index contributed by atoms with van der Waals surface area (Å²) in [5, 5.41) is 6.12. The summed E-state index contributed by atoms with van der Waals surface area (Å²) in [5.41, 5.74) is 1.23. The molecule has 0 aliphatic carbocycles. The minimum Gasteiger partial charge on any atom is -0.493 e. The highest BCUT2D eigenvalue weighted by Gasteiger charge is 2.32. The lowest BCUT2D eigenvalue weighted by atomic mass is 9.95. The second kappa shape index (κ2) is 14.4. The van der Waals surface area contributed by atoms with Gasteiger partial charge in [-0.2, -0.15) is 0 Å². The molecule has 2 atom stereocenters. The fourth-order valence-corrected chi connectivity index (χ4v) is 4.31. The highest BCUT2D eigenvalue weighted by Crippen LogP contribution is 2.29. The minimum absolute atomic E-state index is 0.00998. The highest BCUT2D eigenvalue weighted by atomic mass is 16.5. The van der Waals surface area contributed by atoms with Gasteiger partial charge in [-0.1, -0.05) is 18.2 Å². The quantitative estimate of drug-likeness (QED) is 0.390. The predicted molar refractivity (Wildman–Crippen MR) is 142 cm³/mol. The lowest BCUT2D eigenvalue weighted by Gasteiger charge is -2.31. The van der Waals surface area contributed by atoms with Gasteiger partial charge in [0, 0.05) is 63.0 Å². The van der Waals surface area contributed by atoms with Gasteiger partial charge in [0.2, 0.25) is 0 Å². The van der Waals surface area contributed by atoms with E-state index in [1.807, 2.05) is 49.1 Å². The van der Waals surface area contributed by atoms with Gasteiger partial charge < -0.3 is 29.2 Å². The molecule has 0 aromatic heterocycles. The molecule has 0 radical (unpaired) electrons. The average molecular weight is 514 g/mol. The van der Waals surface area contributed by atoms with Crippen molar-refractivity contribution in [2.75, 3.05) is 59.0 Å². The van der Waals surface area contributed by atoms with Crippen LogP contribution in [0.25, 0.3) is 0 Å². The van der Waals surface area contributed by atoms with Gasteiger partial charge in [-0.05, 0) is 50.1 Å². The first-order chi connectivity index (χ1) is 17.9. The summed E-state index contributed by atoms with van der Waals surface area (Å²) < 4.78 is 21.9. The SMILES string of the molecule is COCCCOc1cc(C(=O)N(C[C@@H]2CNC[C@H]2COC(=O)Nc2ccccc2)C(C)C)ccc1OC. The molecule has 2 N–H and O–H groups in total. The third-order valence-electron chi connectivity index (χ3n) is 6.40. The van der Waals surface area contributed by atoms with Crippen LogP contribution in [-0.2, 0) is 9.47 Å². The van der Waals surface area contributed by atoms with Crippen molar-refractivity contribution in [2.24, 2.45) is 11.8 Å². The molecule has 1 fully saturated rings. The fourth-order valence-electron chi connectivity index (χ4n) is 4.31. The van der Waals surface area contributed by atoms with E-state index in [1.54, 1.807) is 32.4 Å². The number of ether oxygens (including phenoxy) is 4. The average Bonchev–Trinajstić information content (AvgIpc) is 3.35. The van der Waals surface area contributed by atoms with E-state index >= 15 is 0 Å². The third kappa shape index (κ3) is 8.36. The number of methoxy groups -OCH3 is 2. The van der Waals surface area contributed by atoms with Crippen LogP contribution in [0.1, 0.15) is 30.6 Å². The number of benzene rings is 2. The number of anilines is 1. The zero-order chi connectivity index (χ0) is 26.6. The zero-order valence-corrected chi connectivity index (χ0v) is 22.2. The van der Waals surface area contributed by atoms with Crippen molar-refractivity contribution in [1.82, 2.24) is 10.2 Å². The van der Waals surface area contributed by atoms with Crippen LogP contribution in [0.4, 0.5) is 10.5 Å². The van der Waals surface area contributed by atoms with E-state index in [2.05, 4.69) is 10.6 Å². The number of nitrogens with one attached hydrogen (secondary N) is 2. The van der Waals surface area contributed by atoms with E-state index in [-0.39, 0.29) is 30.4 Å². The number of amides is 2. The fraction of sp³-hybridized carbons (Fsp3) is 0.500. The van der Waals surface area contributed by atoms with Gasteiger partial charge in [-0.3, -0.25) is 10.1 Å². The van der Waals surface area contributed by atoms with E-state index in [1.165, 1.54) is 0 Å². The highest BCUT2D eigenvalue weighted by molar-refractivity contribution is 5.95. The molecule has 2 amide bonds. The lowest BCUT2D eigenvalue weighted by Crippen LogP contribution is -2.42. The maximum atomic E-state index is 13.6. The Balaban J connectivity index is 1.62. The molecule has 1 heterocycles. The summed E-state index contributed by atoms with van der Waals surface area (Å²) in [4.78, 5) is 27.7. The molecule has 3 rings (SSSR count). The Morgan fingerprint density at radius 3 is 2.49 bits per heavy atom. The maximum absolute atomic E-state index is 13.6. The molecule has 0 spiro atoms. The van der Waals surface area contributed by atoms with E-state index in [9.17, 15) is 9.59 Å². The van der Waals surface area contributed by atoms with Crippen molar-refractivity contribution in [3.8, 4) is 11.5 Å². The van der Waals surface area contributed by atoms with Crippen LogP contribution in [0, 0.1) is 11.8 Å². The predicted octanol–water partition coefficient (Wildman–Crippen LogP) is 4.05. The number of carbonyl (C=O) groups excluding carboxylic acids is 2. The Hall–Kier alpha value is -3.30. The molecule has 9 heteroatoms. The molecule has 2 aromatic carbocycles. The topological polar surface area (TPSA) is 98.4 Å². The summed E-state index contributed by atoms with van der Waals surface area (Å²) in [7, 11) is 3.23. The Bertz CT molecular complexity index is 1000. The molecule has 1 saturated heterocycles. The summed E-state index contributed by atoms with van der Waals surface area (Å²) in [6.45, 7) is 7.37. The molecule has 0 bridgehead atoms. The van der Waals surface area contributed by atoms with Gasteiger partial charge in [-0.25, -0.2) is 4.79 Å². The van der Waals surface area contributed by atoms with Crippen LogP contribution in [0.15, 0.2) is 48.5 Å². The normalized spacial score (nSPS) is 16.9. The molecular formula is C28H39N3O6. The Morgan fingerprint density at radius 1 is 1.03 bits per heavy atom. The van der Waals surface area contributed by atoms with Crippen molar-refractivity contribution in [1.29, 1.82) is 0 Å². The largest absolute Gasteiger partial charge is 0.493 e. The van der Waals surface area contributed by atoms with Crippen molar-refractivity contribution in [3.05, 3.63) is 54.1 Å². The molecule has 37 heavy (non-hydrogen) atoms. The number of nitrogens with zero attached hydrogens (tertiary/aromatic N) is 1. The van der Waals surface area contributed by atoms with E-state index in [0.717, 1.165) is 19.5 Å². The summed E-state index contributed by atoms with van der Waals surface area (Å²) in [6, 6.07) is 14.5. The van der Waals surface area contributed by atoms with Crippen molar-refractivity contribution >= 4 is 17.7 Å². The first-order valence-corrected chi connectivity index (χ1v) is 12.7. The van der Waals surface area contributed by atoms with Gasteiger partial charge in [0.15, 0.2) is 11.5 Å². The summed E-state index contributed by atoms with van der Waals surface area (Å²) in [5.74, 6) is 1.29. The Morgan fingerprint density at radius 2 is 1.78 bits per heavy atom. The number of rotatable bonds is 13. The second-order valence-corrected chi connectivity index (χ2v) is 9.38. The lowest BCUT2D eigenvalue weighted by molar-refractivity contribution is 0.0634. The molecule has 1 aliphatic rings.